The van der Waals surface area contributed by atoms with E-state index < -0.39 is 51.5 Å². The zero-order valence-corrected chi connectivity index (χ0v) is 18.0. The number of nitrogens with zero attached hydrogens (tertiary/aromatic N) is 4. The number of nitrogens with one attached hydrogen (secondary N) is 1. The average Bonchev–Trinajstić information content (AvgIpc) is 3.26. The molecule has 1 aliphatic rings. The Bertz CT molecular complexity index is 1230. The number of hydrogen-bond donors (Lipinski definition) is 1. The molecule has 1 aliphatic carbocycles. The van der Waals surface area contributed by atoms with Gasteiger partial charge in [0.1, 0.15) is 34.7 Å². The Labute approximate surface area is 182 Å². The van der Waals surface area contributed by atoms with E-state index in [0.717, 1.165) is 18.5 Å². The van der Waals surface area contributed by atoms with Gasteiger partial charge in [0.2, 0.25) is 0 Å². The van der Waals surface area contributed by atoms with Crippen molar-refractivity contribution in [3.05, 3.63) is 60.1 Å². The summed E-state index contributed by atoms with van der Waals surface area (Å²) in [5, 5.41) is 4.03. The first-order valence-corrected chi connectivity index (χ1v) is 11.2. The first kappa shape index (κ1) is 22.1. The van der Waals surface area contributed by atoms with Gasteiger partial charge in [-0.25, -0.2) is 31.6 Å². The summed E-state index contributed by atoms with van der Waals surface area (Å²) in [6.07, 6.45) is 2.09. The highest BCUT2D eigenvalue weighted by Gasteiger charge is 2.49. The standard InChI is InChI=1S/C20H20F3N5O3S/c1-12-7-18(32(29,30)27-19-4-5-24-11-25-19)14(21)8-16(12)31-17-10-20(22,23)9-13(17)15-3-6-26-28(15)2/h3-8,11,13,17H,9-10H2,1-2H3,(H,24,25,27)/t13-,17+/m1/s1. The minimum Gasteiger partial charge on any atom is -0.489 e. The number of ether oxygens (including phenoxy) is 1. The number of sulfonamides is 1. The fourth-order valence-corrected chi connectivity index (χ4v) is 4.97. The average molecular weight is 467 g/mol. The van der Waals surface area contributed by atoms with Crippen LogP contribution >= 0.6 is 0 Å². The van der Waals surface area contributed by atoms with Crippen molar-refractivity contribution in [2.24, 2.45) is 7.05 Å². The monoisotopic (exact) mass is 467 g/mol. The number of halogens is 3. The molecule has 2 heterocycles. The largest absolute Gasteiger partial charge is 0.489 e. The molecule has 0 spiro atoms. The molecule has 32 heavy (non-hydrogen) atoms. The van der Waals surface area contributed by atoms with E-state index in [1.54, 1.807) is 13.1 Å². The van der Waals surface area contributed by atoms with Crippen molar-refractivity contribution in [2.45, 2.75) is 42.6 Å². The Morgan fingerprint density at radius 1 is 1.22 bits per heavy atom. The van der Waals surface area contributed by atoms with Crippen molar-refractivity contribution in [3.63, 3.8) is 0 Å². The summed E-state index contributed by atoms with van der Waals surface area (Å²) in [7, 11) is -2.63. The van der Waals surface area contributed by atoms with E-state index in [0.29, 0.717) is 5.69 Å². The summed E-state index contributed by atoms with van der Waals surface area (Å²) >= 11 is 0. The molecule has 0 unspecified atom stereocenters. The van der Waals surface area contributed by atoms with Crippen LogP contribution < -0.4 is 9.46 Å². The summed E-state index contributed by atoms with van der Waals surface area (Å²) < 4.78 is 77.9. The minimum atomic E-state index is -4.28. The molecule has 1 fully saturated rings. The van der Waals surface area contributed by atoms with Crippen molar-refractivity contribution in [3.8, 4) is 5.75 Å². The van der Waals surface area contributed by atoms with Crippen molar-refractivity contribution in [1.82, 2.24) is 19.7 Å². The van der Waals surface area contributed by atoms with Crippen LogP contribution in [0.4, 0.5) is 19.0 Å². The van der Waals surface area contributed by atoms with Crippen LogP contribution in [0.15, 0.2) is 47.9 Å². The smallest absolute Gasteiger partial charge is 0.265 e. The van der Waals surface area contributed by atoms with E-state index in [9.17, 15) is 21.6 Å². The summed E-state index contributed by atoms with van der Waals surface area (Å²) in [4.78, 5) is 6.83. The van der Waals surface area contributed by atoms with E-state index >= 15 is 0 Å². The van der Waals surface area contributed by atoms with Gasteiger partial charge in [-0.3, -0.25) is 9.40 Å². The molecule has 0 saturated heterocycles. The minimum absolute atomic E-state index is 0.00152. The molecule has 1 N–H and O–H groups in total. The lowest BCUT2D eigenvalue weighted by atomic mass is 10.0. The zero-order chi connectivity index (χ0) is 23.1. The molecule has 3 aromatic rings. The van der Waals surface area contributed by atoms with Crippen LogP contribution in [0.1, 0.15) is 30.0 Å². The van der Waals surface area contributed by atoms with E-state index in [1.807, 2.05) is 0 Å². The molecule has 8 nitrogen and oxygen atoms in total. The topological polar surface area (TPSA) is 99.0 Å². The van der Waals surface area contributed by atoms with Crippen LogP contribution in [-0.4, -0.2) is 40.2 Å². The molecule has 0 amide bonds. The van der Waals surface area contributed by atoms with Gasteiger partial charge >= 0.3 is 0 Å². The summed E-state index contributed by atoms with van der Waals surface area (Å²) in [6, 6.07) is 4.96. The van der Waals surface area contributed by atoms with Gasteiger partial charge in [-0.15, -0.1) is 0 Å². The van der Waals surface area contributed by atoms with E-state index in [1.165, 1.54) is 30.1 Å². The van der Waals surface area contributed by atoms with Gasteiger partial charge in [0, 0.05) is 50.0 Å². The molecule has 2 atom stereocenters. The number of aryl methyl sites for hydroxylation is 2. The summed E-state index contributed by atoms with van der Waals surface area (Å²) in [5.74, 6) is -4.70. The van der Waals surface area contributed by atoms with Gasteiger partial charge in [0.15, 0.2) is 0 Å². The Hall–Kier alpha value is -3.15. The van der Waals surface area contributed by atoms with Gasteiger partial charge in [0.25, 0.3) is 15.9 Å². The van der Waals surface area contributed by atoms with Gasteiger partial charge < -0.3 is 4.74 Å². The Kier molecular flexibility index (Phi) is 5.57. The Morgan fingerprint density at radius 2 is 2.00 bits per heavy atom. The lowest BCUT2D eigenvalue weighted by molar-refractivity contribution is -0.00143. The third-order valence-corrected chi connectivity index (χ3v) is 6.69. The highest BCUT2D eigenvalue weighted by atomic mass is 32.2. The van der Waals surface area contributed by atoms with Crippen LogP contribution in [-0.2, 0) is 17.1 Å². The van der Waals surface area contributed by atoms with Gasteiger partial charge in [-0.05, 0) is 30.7 Å². The highest BCUT2D eigenvalue weighted by Crippen LogP contribution is 2.46. The Morgan fingerprint density at radius 3 is 2.66 bits per heavy atom. The maximum Gasteiger partial charge on any atom is 0.265 e. The first-order chi connectivity index (χ1) is 15.1. The third kappa shape index (κ3) is 4.40. The first-order valence-electron chi connectivity index (χ1n) is 9.67. The number of hydrogen-bond acceptors (Lipinski definition) is 6. The van der Waals surface area contributed by atoms with Crippen molar-refractivity contribution in [2.75, 3.05) is 4.72 Å². The molecular weight excluding hydrogens is 447 g/mol. The lowest BCUT2D eigenvalue weighted by Gasteiger charge is -2.22. The normalized spacial score (nSPS) is 20.3. The SMILES string of the molecule is Cc1cc(S(=O)(=O)Nc2ccncn2)c(F)cc1O[C@H]1CC(F)(F)C[C@@H]1c1ccnn1C. The van der Waals surface area contributed by atoms with Crippen LogP contribution in [0, 0.1) is 12.7 Å². The predicted octanol–water partition coefficient (Wildman–Crippen LogP) is 3.42. The molecule has 4 rings (SSSR count). The maximum absolute atomic E-state index is 14.8. The molecule has 0 aliphatic heterocycles. The van der Waals surface area contributed by atoms with Gasteiger partial charge in [-0.2, -0.15) is 5.10 Å². The van der Waals surface area contributed by atoms with Gasteiger partial charge in [0.05, 0.1) is 0 Å². The Balaban J connectivity index is 1.61. The fraction of sp³-hybridized carbons (Fsp3) is 0.350. The second-order valence-electron chi connectivity index (χ2n) is 7.65. The van der Waals surface area contributed by atoms with Crippen LogP contribution in [0.3, 0.4) is 0 Å². The molecular formula is C20H20F3N5O3S. The second-order valence-corrected chi connectivity index (χ2v) is 9.31. The van der Waals surface area contributed by atoms with Crippen LogP contribution in [0.5, 0.6) is 5.75 Å². The lowest BCUT2D eigenvalue weighted by Crippen LogP contribution is -2.23. The predicted molar refractivity (Wildman–Crippen MR) is 109 cm³/mol. The van der Waals surface area contributed by atoms with E-state index in [2.05, 4.69) is 19.8 Å². The summed E-state index contributed by atoms with van der Waals surface area (Å²) in [5.41, 5.74) is 0.868. The maximum atomic E-state index is 14.8. The summed E-state index contributed by atoms with van der Waals surface area (Å²) in [6.45, 7) is 1.52. The molecule has 0 radical (unpaired) electrons. The molecule has 2 aromatic heterocycles. The van der Waals surface area contributed by atoms with Crippen molar-refractivity contribution >= 4 is 15.8 Å². The number of benzene rings is 1. The number of alkyl halides is 2. The van der Waals surface area contributed by atoms with Crippen LogP contribution in [0.25, 0.3) is 0 Å². The molecule has 12 heteroatoms. The zero-order valence-electron chi connectivity index (χ0n) is 17.2. The number of anilines is 1. The number of rotatable bonds is 6. The fourth-order valence-electron chi connectivity index (χ4n) is 3.82. The van der Waals surface area contributed by atoms with Crippen LogP contribution in [0.2, 0.25) is 0 Å². The van der Waals surface area contributed by atoms with Crippen molar-refractivity contribution in [1.29, 1.82) is 0 Å². The molecule has 0 bridgehead atoms. The van der Waals surface area contributed by atoms with E-state index in [4.69, 9.17) is 4.74 Å². The molecule has 1 aromatic carbocycles. The highest BCUT2D eigenvalue weighted by molar-refractivity contribution is 7.92. The number of aromatic nitrogens is 4. The van der Waals surface area contributed by atoms with E-state index in [-0.39, 0.29) is 17.1 Å². The van der Waals surface area contributed by atoms with Crippen molar-refractivity contribution < 1.29 is 26.3 Å². The molecule has 1 saturated carbocycles. The molecule has 170 valence electrons. The quantitative estimate of drug-likeness (QED) is 0.597. The third-order valence-electron chi connectivity index (χ3n) is 5.32. The second kappa shape index (κ2) is 8.08. The van der Waals surface area contributed by atoms with Gasteiger partial charge in [-0.1, -0.05) is 0 Å².